The number of nitrogens with two attached hydrogens (primary N) is 1. The Hall–Kier alpha value is -1.32. The molecule has 0 spiro atoms. The van der Waals surface area contributed by atoms with Crippen molar-refractivity contribution in [1.29, 1.82) is 0 Å². The highest BCUT2D eigenvalue weighted by Gasteiger charge is 2.26. The van der Waals surface area contributed by atoms with Gasteiger partial charge in [0.1, 0.15) is 11.6 Å². The summed E-state index contributed by atoms with van der Waals surface area (Å²) in [5.74, 6) is 1.30. The van der Waals surface area contributed by atoms with E-state index in [-0.39, 0.29) is 0 Å². The van der Waals surface area contributed by atoms with E-state index in [0.717, 1.165) is 5.82 Å². The zero-order chi connectivity index (χ0) is 11.6. The average Bonchev–Trinajstić information content (AvgIpc) is 2.24. The van der Waals surface area contributed by atoms with Crippen LogP contribution in [0, 0.1) is 5.41 Å². The topological polar surface area (TPSA) is 63.8 Å². The fourth-order valence-electron chi connectivity index (χ4n) is 2.17. The van der Waals surface area contributed by atoms with Crippen LogP contribution in [0.2, 0.25) is 0 Å². The van der Waals surface area contributed by atoms with E-state index < -0.39 is 0 Å². The Morgan fingerprint density at radius 2 is 1.94 bits per heavy atom. The van der Waals surface area contributed by atoms with Crippen LogP contribution in [-0.2, 0) is 0 Å². The van der Waals surface area contributed by atoms with Gasteiger partial charge in [-0.15, -0.1) is 10.2 Å². The van der Waals surface area contributed by atoms with E-state index in [1.54, 1.807) is 6.07 Å². The molecule has 0 atom stereocenters. The van der Waals surface area contributed by atoms with Gasteiger partial charge in [0.2, 0.25) is 0 Å². The molecule has 4 heteroatoms. The first-order valence-corrected chi connectivity index (χ1v) is 5.91. The van der Waals surface area contributed by atoms with Gasteiger partial charge in [-0.3, -0.25) is 0 Å². The van der Waals surface area contributed by atoms with E-state index in [2.05, 4.69) is 29.4 Å². The SMILES string of the molecule is CC1(C)CCC(Nc2ccc(N)nn2)CC1. The Kier molecular flexibility index (Phi) is 2.99. The third-order valence-electron chi connectivity index (χ3n) is 3.38. The molecular weight excluding hydrogens is 200 g/mol. The summed E-state index contributed by atoms with van der Waals surface area (Å²) >= 11 is 0. The molecule has 0 unspecified atom stereocenters. The predicted molar refractivity (Wildman–Crippen MR) is 66.1 cm³/mol. The van der Waals surface area contributed by atoms with Crippen molar-refractivity contribution in [3.05, 3.63) is 12.1 Å². The minimum Gasteiger partial charge on any atom is -0.382 e. The minimum atomic E-state index is 0.468. The van der Waals surface area contributed by atoms with E-state index in [1.165, 1.54) is 25.7 Å². The minimum absolute atomic E-state index is 0.468. The Balaban J connectivity index is 1.89. The summed E-state index contributed by atoms with van der Waals surface area (Å²) in [7, 11) is 0. The third kappa shape index (κ3) is 2.84. The molecule has 0 aliphatic heterocycles. The van der Waals surface area contributed by atoms with Gasteiger partial charge < -0.3 is 11.1 Å². The Labute approximate surface area is 96.6 Å². The molecule has 0 amide bonds. The molecule has 3 N–H and O–H groups in total. The van der Waals surface area contributed by atoms with Crippen LogP contribution in [0.25, 0.3) is 0 Å². The van der Waals surface area contributed by atoms with Crippen molar-refractivity contribution >= 4 is 11.6 Å². The second kappa shape index (κ2) is 4.28. The number of hydrogen-bond acceptors (Lipinski definition) is 4. The van der Waals surface area contributed by atoms with Crippen molar-refractivity contribution in [2.45, 2.75) is 45.6 Å². The molecule has 0 bridgehead atoms. The van der Waals surface area contributed by atoms with Crippen molar-refractivity contribution in [1.82, 2.24) is 10.2 Å². The highest BCUT2D eigenvalue weighted by atomic mass is 15.2. The van der Waals surface area contributed by atoms with Crippen molar-refractivity contribution < 1.29 is 0 Å². The molecule has 1 aliphatic rings. The fourth-order valence-corrected chi connectivity index (χ4v) is 2.17. The van der Waals surface area contributed by atoms with Crippen LogP contribution >= 0.6 is 0 Å². The number of rotatable bonds is 2. The monoisotopic (exact) mass is 220 g/mol. The summed E-state index contributed by atoms with van der Waals surface area (Å²) in [6.07, 6.45) is 4.96. The van der Waals surface area contributed by atoms with E-state index >= 15 is 0 Å². The molecule has 0 aromatic carbocycles. The van der Waals surface area contributed by atoms with Gasteiger partial charge in [-0.25, -0.2) is 0 Å². The summed E-state index contributed by atoms with van der Waals surface area (Å²) in [5.41, 5.74) is 6.00. The third-order valence-corrected chi connectivity index (χ3v) is 3.38. The van der Waals surface area contributed by atoms with E-state index in [1.807, 2.05) is 6.07 Å². The molecule has 0 saturated heterocycles. The normalized spacial score (nSPS) is 20.6. The number of nitrogens with one attached hydrogen (secondary N) is 1. The number of nitrogens with zero attached hydrogens (tertiary/aromatic N) is 2. The van der Waals surface area contributed by atoms with Crippen LogP contribution in [0.5, 0.6) is 0 Å². The lowest BCUT2D eigenvalue weighted by molar-refractivity contribution is 0.232. The lowest BCUT2D eigenvalue weighted by Crippen LogP contribution is -2.30. The Bertz CT molecular complexity index is 335. The van der Waals surface area contributed by atoms with Crippen molar-refractivity contribution in [3.63, 3.8) is 0 Å². The van der Waals surface area contributed by atoms with Gasteiger partial charge in [0.15, 0.2) is 0 Å². The van der Waals surface area contributed by atoms with E-state index in [9.17, 15) is 0 Å². The van der Waals surface area contributed by atoms with Gasteiger partial charge in [-0.2, -0.15) is 0 Å². The molecule has 1 fully saturated rings. The number of aromatic nitrogens is 2. The van der Waals surface area contributed by atoms with Crippen LogP contribution in [0.4, 0.5) is 11.6 Å². The summed E-state index contributed by atoms with van der Waals surface area (Å²) in [5, 5.41) is 11.3. The second-order valence-corrected chi connectivity index (χ2v) is 5.43. The first-order valence-electron chi connectivity index (χ1n) is 5.91. The largest absolute Gasteiger partial charge is 0.382 e. The lowest BCUT2D eigenvalue weighted by atomic mass is 9.75. The molecule has 1 heterocycles. The van der Waals surface area contributed by atoms with Gasteiger partial charge >= 0.3 is 0 Å². The molecule has 1 aromatic heterocycles. The van der Waals surface area contributed by atoms with Crippen LogP contribution in [-0.4, -0.2) is 16.2 Å². The van der Waals surface area contributed by atoms with Crippen molar-refractivity contribution in [2.75, 3.05) is 11.1 Å². The molecule has 2 rings (SSSR count). The average molecular weight is 220 g/mol. The second-order valence-electron chi connectivity index (χ2n) is 5.43. The standard InChI is InChI=1S/C12H20N4/c1-12(2)7-5-9(6-8-12)14-11-4-3-10(13)15-16-11/h3-4,9H,5-8H2,1-2H3,(H2,13,15)(H,14,16). The van der Waals surface area contributed by atoms with Crippen LogP contribution in [0.15, 0.2) is 12.1 Å². The van der Waals surface area contributed by atoms with Crippen LogP contribution in [0.1, 0.15) is 39.5 Å². The maximum absolute atomic E-state index is 5.49. The zero-order valence-corrected chi connectivity index (χ0v) is 10.0. The highest BCUT2D eigenvalue weighted by molar-refractivity contribution is 5.39. The quantitative estimate of drug-likeness (QED) is 0.803. The molecule has 1 aliphatic carbocycles. The zero-order valence-electron chi connectivity index (χ0n) is 10.0. The van der Waals surface area contributed by atoms with Gasteiger partial charge in [0, 0.05) is 6.04 Å². The number of anilines is 2. The number of nitrogen functional groups attached to an aromatic ring is 1. The van der Waals surface area contributed by atoms with E-state index in [0.29, 0.717) is 17.3 Å². The summed E-state index contributed by atoms with van der Waals surface area (Å²) < 4.78 is 0. The molecule has 0 radical (unpaired) electrons. The first kappa shape index (κ1) is 11.2. The molecule has 4 nitrogen and oxygen atoms in total. The van der Waals surface area contributed by atoms with Crippen molar-refractivity contribution in [3.8, 4) is 0 Å². The smallest absolute Gasteiger partial charge is 0.149 e. The fraction of sp³-hybridized carbons (Fsp3) is 0.667. The van der Waals surface area contributed by atoms with Gasteiger partial charge in [0.05, 0.1) is 0 Å². The van der Waals surface area contributed by atoms with Crippen LogP contribution < -0.4 is 11.1 Å². The van der Waals surface area contributed by atoms with Gasteiger partial charge in [-0.1, -0.05) is 13.8 Å². The Morgan fingerprint density at radius 3 is 2.50 bits per heavy atom. The summed E-state index contributed by atoms with van der Waals surface area (Å²) in [6.45, 7) is 4.68. The summed E-state index contributed by atoms with van der Waals surface area (Å²) in [4.78, 5) is 0. The van der Waals surface area contributed by atoms with E-state index in [4.69, 9.17) is 5.73 Å². The lowest BCUT2D eigenvalue weighted by Gasteiger charge is -2.34. The molecule has 1 saturated carbocycles. The molecule has 1 aromatic rings. The maximum atomic E-state index is 5.49. The highest BCUT2D eigenvalue weighted by Crippen LogP contribution is 2.35. The predicted octanol–water partition coefficient (Wildman–Crippen LogP) is 2.44. The summed E-state index contributed by atoms with van der Waals surface area (Å²) in [6, 6.07) is 4.20. The molecule has 88 valence electrons. The maximum Gasteiger partial charge on any atom is 0.149 e. The first-order chi connectivity index (χ1) is 7.55. The molecule has 16 heavy (non-hydrogen) atoms. The van der Waals surface area contributed by atoms with Crippen LogP contribution in [0.3, 0.4) is 0 Å². The van der Waals surface area contributed by atoms with Gasteiger partial charge in [0.25, 0.3) is 0 Å². The molecular formula is C12H20N4. The number of hydrogen-bond donors (Lipinski definition) is 2. The Morgan fingerprint density at radius 1 is 1.25 bits per heavy atom. The van der Waals surface area contributed by atoms with Gasteiger partial charge in [-0.05, 0) is 43.2 Å². The van der Waals surface area contributed by atoms with Crippen molar-refractivity contribution in [2.24, 2.45) is 5.41 Å².